The molecule has 1 aromatic heterocycles. The van der Waals surface area contributed by atoms with Crippen molar-refractivity contribution in [3.63, 3.8) is 0 Å². The topological polar surface area (TPSA) is 54.6 Å². The zero-order valence-electron chi connectivity index (χ0n) is 14.9. The molecule has 0 fully saturated rings. The third-order valence-electron chi connectivity index (χ3n) is 3.83. The number of nitrogens with one attached hydrogen (secondary N) is 1. The van der Waals surface area contributed by atoms with Gasteiger partial charge >= 0.3 is 6.16 Å². The fraction of sp³-hybridized carbons (Fsp3) is 0.350. The second-order valence-corrected chi connectivity index (χ2v) is 5.75. The Morgan fingerprint density at radius 2 is 1.84 bits per heavy atom. The monoisotopic (exact) mass is 342 g/mol. The van der Waals surface area contributed by atoms with Crippen molar-refractivity contribution in [3.8, 4) is 0 Å². The van der Waals surface area contributed by atoms with E-state index in [1.165, 1.54) is 24.1 Å². The molecule has 0 amide bonds. The first-order chi connectivity index (χ1) is 12.2. The van der Waals surface area contributed by atoms with Crippen molar-refractivity contribution in [3.05, 3.63) is 71.6 Å². The maximum Gasteiger partial charge on any atom is 0.508 e. The highest BCUT2D eigenvalue weighted by atomic mass is 16.7. The summed E-state index contributed by atoms with van der Waals surface area (Å²) in [6, 6.07) is 14.7. The highest BCUT2D eigenvalue weighted by molar-refractivity contribution is 5.59. The predicted molar refractivity (Wildman–Crippen MR) is 98.2 cm³/mol. The van der Waals surface area contributed by atoms with Crippen LogP contribution in [0.2, 0.25) is 0 Å². The van der Waals surface area contributed by atoms with E-state index in [1.807, 2.05) is 18.2 Å². The highest BCUT2D eigenvalue weighted by Crippen LogP contribution is 2.10. The largest absolute Gasteiger partial charge is 0.508 e. The zero-order valence-corrected chi connectivity index (χ0v) is 14.9. The van der Waals surface area contributed by atoms with Crippen LogP contribution in [-0.2, 0) is 29.0 Å². The van der Waals surface area contributed by atoms with Crippen LogP contribution < -0.4 is 0 Å². The lowest BCUT2D eigenvalue weighted by Crippen LogP contribution is -2.23. The van der Waals surface area contributed by atoms with Crippen molar-refractivity contribution in [1.82, 2.24) is 9.88 Å². The molecule has 1 aromatic carbocycles. The Balaban J connectivity index is 1.93. The number of aromatic nitrogens is 1. The van der Waals surface area contributed by atoms with Gasteiger partial charge in [-0.3, -0.25) is 4.90 Å². The lowest BCUT2D eigenvalue weighted by atomic mass is 10.2. The number of ether oxygens (including phenoxy) is 2. The van der Waals surface area contributed by atoms with Crippen LogP contribution in [0.1, 0.15) is 23.9 Å². The molecule has 5 nitrogen and oxygen atoms in total. The molecule has 134 valence electrons. The summed E-state index contributed by atoms with van der Waals surface area (Å²) in [4.78, 5) is 16.7. The van der Waals surface area contributed by atoms with Gasteiger partial charge in [-0.2, -0.15) is 0 Å². The minimum atomic E-state index is -0.663. The van der Waals surface area contributed by atoms with Crippen LogP contribution in [0.5, 0.6) is 0 Å². The minimum absolute atomic E-state index is 0.217. The number of carbonyl (C=O) groups excluding carboxylic acids is 1. The summed E-state index contributed by atoms with van der Waals surface area (Å²) in [6.07, 6.45) is 4.18. The quantitative estimate of drug-likeness (QED) is 0.554. The van der Waals surface area contributed by atoms with Gasteiger partial charge in [-0.25, -0.2) is 4.79 Å². The summed E-state index contributed by atoms with van der Waals surface area (Å²) in [5, 5.41) is 0. The third kappa shape index (κ3) is 6.85. The molecule has 1 N–H and O–H groups in total. The normalized spacial score (nSPS) is 11.2. The van der Waals surface area contributed by atoms with Gasteiger partial charge in [0.1, 0.15) is 6.61 Å². The van der Waals surface area contributed by atoms with Gasteiger partial charge in [0.2, 0.25) is 0 Å². The van der Waals surface area contributed by atoms with Crippen molar-refractivity contribution in [1.29, 1.82) is 0 Å². The van der Waals surface area contributed by atoms with Crippen LogP contribution in [0.25, 0.3) is 0 Å². The first-order valence-corrected chi connectivity index (χ1v) is 8.50. The molecule has 1 heterocycles. The van der Waals surface area contributed by atoms with Gasteiger partial charge in [-0.15, -0.1) is 0 Å². The van der Waals surface area contributed by atoms with Gasteiger partial charge in [0, 0.05) is 31.0 Å². The molecule has 0 spiro atoms. The molecular formula is C20H26N2O3. The van der Waals surface area contributed by atoms with E-state index in [9.17, 15) is 4.79 Å². The molecule has 0 saturated heterocycles. The van der Waals surface area contributed by atoms with E-state index in [2.05, 4.69) is 57.9 Å². The highest BCUT2D eigenvalue weighted by Gasteiger charge is 2.07. The Kier molecular flexibility index (Phi) is 7.79. The number of methoxy groups -OCH3 is 1. The number of benzene rings is 1. The molecule has 0 unspecified atom stereocenters. The van der Waals surface area contributed by atoms with E-state index in [-0.39, 0.29) is 6.61 Å². The maximum absolute atomic E-state index is 10.9. The van der Waals surface area contributed by atoms with E-state index in [4.69, 9.17) is 4.74 Å². The summed E-state index contributed by atoms with van der Waals surface area (Å²) in [7, 11) is 1.30. The molecule has 0 bridgehead atoms. The molecule has 2 aromatic rings. The van der Waals surface area contributed by atoms with Crippen LogP contribution in [0.3, 0.4) is 0 Å². The first kappa shape index (κ1) is 18.8. The zero-order chi connectivity index (χ0) is 17.9. The Morgan fingerprint density at radius 3 is 2.52 bits per heavy atom. The van der Waals surface area contributed by atoms with Gasteiger partial charge in [0.15, 0.2) is 0 Å². The number of aromatic amines is 1. The Labute approximate surface area is 149 Å². The van der Waals surface area contributed by atoms with E-state index < -0.39 is 6.16 Å². The first-order valence-electron chi connectivity index (χ1n) is 8.50. The second kappa shape index (κ2) is 10.4. The van der Waals surface area contributed by atoms with Crippen molar-refractivity contribution in [2.75, 3.05) is 20.3 Å². The van der Waals surface area contributed by atoms with Gasteiger partial charge in [-0.05, 0) is 30.2 Å². The number of hydrogen-bond acceptors (Lipinski definition) is 4. The number of aryl methyl sites for hydroxylation is 1. The van der Waals surface area contributed by atoms with Crippen LogP contribution in [-0.4, -0.2) is 36.3 Å². The summed E-state index contributed by atoms with van der Waals surface area (Å²) >= 11 is 0. The van der Waals surface area contributed by atoms with Crippen LogP contribution in [0, 0.1) is 0 Å². The number of H-pyrrole nitrogens is 1. The Hall–Kier alpha value is -2.53. The molecule has 25 heavy (non-hydrogen) atoms. The maximum atomic E-state index is 10.9. The fourth-order valence-corrected chi connectivity index (χ4v) is 2.52. The van der Waals surface area contributed by atoms with E-state index in [0.29, 0.717) is 0 Å². The summed E-state index contributed by atoms with van der Waals surface area (Å²) in [5.74, 6) is 0. The standard InChI is InChI=1S/C20H26N2O3/c1-3-18-11-12-19(21-18)16-22(15-17-9-5-4-6-10-17)13-7-8-14-25-20(23)24-2/h4-12,21H,3,13-16H2,1-2H3/b8-7+. The lowest BCUT2D eigenvalue weighted by Gasteiger charge is -2.20. The van der Waals surface area contributed by atoms with Crippen molar-refractivity contribution >= 4 is 6.16 Å². The summed E-state index contributed by atoms with van der Waals surface area (Å²) in [5.41, 5.74) is 3.72. The van der Waals surface area contributed by atoms with Crippen molar-refractivity contribution in [2.45, 2.75) is 26.4 Å². The Morgan fingerprint density at radius 1 is 1.08 bits per heavy atom. The van der Waals surface area contributed by atoms with Crippen LogP contribution >= 0.6 is 0 Å². The number of carbonyl (C=O) groups is 1. The fourth-order valence-electron chi connectivity index (χ4n) is 2.52. The van der Waals surface area contributed by atoms with Crippen LogP contribution in [0.4, 0.5) is 4.79 Å². The van der Waals surface area contributed by atoms with Crippen molar-refractivity contribution < 1.29 is 14.3 Å². The van der Waals surface area contributed by atoms with E-state index in [0.717, 1.165) is 26.1 Å². The number of rotatable bonds is 9. The average molecular weight is 342 g/mol. The average Bonchev–Trinajstić information content (AvgIpc) is 3.09. The van der Waals surface area contributed by atoms with Gasteiger partial charge in [-0.1, -0.05) is 43.3 Å². The SMILES string of the molecule is CCc1ccc(CN(C/C=C/COC(=O)OC)Cc2ccccc2)[nH]1. The lowest BCUT2D eigenvalue weighted by molar-refractivity contribution is 0.0817. The van der Waals surface area contributed by atoms with Crippen molar-refractivity contribution in [2.24, 2.45) is 0 Å². The smallest absolute Gasteiger partial charge is 0.438 e. The molecule has 0 atom stereocenters. The van der Waals surface area contributed by atoms with E-state index >= 15 is 0 Å². The number of nitrogens with zero attached hydrogens (tertiary/aromatic N) is 1. The molecule has 0 aliphatic heterocycles. The Bertz CT molecular complexity index is 665. The van der Waals surface area contributed by atoms with Gasteiger partial charge in [0.25, 0.3) is 0 Å². The molecule has 5 heteroatoms. The molecule has 0 saturated carbocycles. The summed E-state index contributed by atoms with van der Waals surface area (Å²) in [6.45, 7) is 4.80. The number of hydrogen-bond donors (Lipinski definition) is 1. The van der Waals surface area contributed by atoms with Gasteiger partial charge in [0.05, 0.1) is 7.11 Å². The van der Waals surface area contributed by atoms with Crippen LogP contribution in [0.15, 0.2) is 54.6 Å². The summed E-state index contributed by atoms with van der Waals surface area (Å²) < 4.78 is 9.29. The van der Waals surface area contributed by atoms with E-state index in [1.54, 1.807) is 0 Å². The molecule has 0 aliphatic carbocycles. The predicted octanol–water partition coefficient (Wildman–Crippen LogP) is 3.92. The minimum Gasteiger partial charge on any atom is -0.438 e. The molecule has 2 rings (SSSR count). The second-order valence-electron chi connectivity index (χ2n) is 5.75. The molecule has 0 radical (unpaired) electrons. The third-order valence-corrected chi connectivity index (χ3v) is 3.83. The molecule has 0 aliphatic rings. The van der Waals surface area contributed by atoms with Gasteiger partial charge < -0.3 is 14.5 Å². The molecular weight excluding hydrogens is 316 g/mol.